The molecule has 1 saturated carbocycles. The largest absolute Gasteiger partial charge is 0.341 e. The van der Waals surface area contributed by atoms with Gasteiger partial charge in [0.2, 0.25) is 5.91 Å². The van der Waals surface area contributed by atoms with Crippen LogP contribution in [0.1, 0.15) is 32.6 Å². The van der Waals surface area contributed by atoms with Gasteiger partial charge in [-0.2, -0.15) is 0 Å². The van der Waals surface area contributed by atoms with Crippen molar-refractivity contribution in [3.8, 4) is 0 Å². The third-order valence-electron chi connectivity index (χ3n) is 4.61. The van der Waals surface area contributed by atoms with E-state index in [1.54, 1.807) is 0 Å². The molecule has 2 heterocycles. The highest BCUT2D eigenvalue weighted by Gasteiger charge is 2.36. The van der Waals surface area contributed by atoms with E-state index in [-0.39, 0.29) is 6.04 Å². The van der Waals surface area contributed by atoms with Crippen molar-refractivity contribution in [3.05, 3.63) is 0 Å². The van der Waals surface area contributed by atoms with Crippen molar-refractivity contribution in [1.29, 1.82) is 0 Å². The fourth-order valence-corrected chi connectivity index (χ4v) is 3.27. The molecule has 102 valence electrons. The third-order valence-corrected chi connectivity index (χ3v) is 4.61. The zero-order valence-electron chi connectivity index (χ0n) is 11.4. The zero-order chi connectivity index (χ0) is 12.5. The number of amides is 1. The van der Waals surface area contributed by atoms with Crippen molar-refractivity contribution in [2.45, 2.75) is 44.7 Å². The first-order valence-corrected chi connectivity index (χ1v) is 7.53. The van der Waals surface area contributed by atoms with Gasteiger partial charge >= 0.3 is 0 Å². The summed E-state index contributed by atoms with van der Waals surface area (Å²) in [6.07, 6.45) is 4.80. The second kappa shape index (κ2) is 5.17. The van der Waals surface area contributed by atoms with Gasteiger partial charge in [0.25, 0.3) is 0 Å². The number of hydrogen-bond acceptors (Lipinski definition) is 3. The predicted octanol–water partition coefficient (Wildman–Crippen LogP) is 0.681. The third kappa shape index (κ3) is 2.69. The summed E-state index contributed by atoms with van der Waals surface area (Å²) < 4.78 is 0. The van der Waals surface area contributed by atoms with Gasteiger partial charge < -0.3 is 15.1 Å². The summed E-state index contributed by atoms with van der Waals surface area (Å²) in [7, 11) is 0. The summed E-state index contributed by atoms with van der Waals surface area (Å²) in [5, 5.41) is 3.48. The molecule has 18 heavy (non-hydrogen) atoms. The highest BCUT2D eigenvalue weighted by atomic mass is 16.2. The molecular weight excluding hydrogens is 226 g/mol. The van der Waals surface area contributed by atoms with Crippen LogP contribution in [0.5, 0.6) is 0 Å². The van der Waals surface area contributed by atoms with Crippen LogP contribution in [0.15, 0.2) is 0 Å². The molecule has 1 amide bonds. The summed E-state index contributed by atoms with van der Waals surface area (Å²) >= 11 is 0. The number of hydrogen-bond donors (Lipinski definition) is 1. The van der Waals surface area contributed by atoms with Gasteiger partial charge in [0, 0.05) is 25.7 Å². The fourth-order valence-electron chi connectivity index (χ4n) is 3.27. The molecule has 2 unspecified atom stereocenters. The fraction of sp³-hybridized carbons (Fsp3) is 0.929. The lowest BCUT2D eigenvalue weighted by Crippen LogP contribution is -2.41. The monoisotopic (exact) mass is 251 g/mol. The Morgan fingerprint density at radius 2 is 2.06 bits per heavy atom. The lowest BCUT2D eigenvalue weighted by molar-refractivity contribution is -0.129. The molecule has 4 heteroatoms. The maximum absolute atomic E-state index is 12.3. The molecule has 3 aliphatic rings. The van der Waals surface area contributed by atoms with Crippen LogP contribution in [0, 0.1) is 5.92 Å². The molecule has 0 spiro atoms. The normalized spacial score (nSPS) is 33.6. The summed E-state index contributed by atoms with van der Waals surface area (Å²) in [5.74, 6) is 1.06. The predicted molar refractivity (Wildman–Crippen MR) is 71.4 cm³/mol. The minimum Gasteiger partial charge on any atom is -0.341 e. The average Bonchev–Trinajstić information content (AvgIpc) is 2.98. The SMILES string of the molecule is CCN1CCC(CN2CCC(NC3CC3)C2=O)C1. The van der Waals surface area contributed by atoms with E-state index in [0.29, 0.717) is 17.9 Å². The van der Waals surface area contributed by atoms with Gasteiger partial charge in [-0.3, -0.25) is 4.79 Å². The number of likely N-dealkylation sites (tertiary alicyclic amines) is 2. The van der Waals surface area contributed by atoms with E-state index in [4.69, 9.17) is 0 Å². The molecule has 0 aromatic heterocycles. The molecule has 3 rings (SSSR count). The van der Waals surface area contributed by atoms with Crippen molar-refractivity contribution in [3.63, 3.8) is 0 Å². The lowest BCUT2D eigenvalue weighted by Gasteiger charge is -2.21. The summed E-state index contributed by atoms with van der Waals surface area (Å²) in [6, 6.07) is 0.766. The van der Waals surface area contributed by atoms with Gasteiger partial charge in [0.15, 0.2) is 0 Å². The molecule has 2 atom stereocenters. The van der Waals surface area contributed by atoms with Crippen molar-refractivity contribution >= 4 is 5.91 Å². The Labute approximate surface area is 110 Å². The minimum atomic E-state index is 0.126. The van der Waals surface area contributed by atoms with Crippen molar-refractivity contribution in [1.82, 2.24) is 15.1 Å². The summed E-state index contributed by atoms with van der Waals surface area (Å²) in [6.45, 7) is 7.72. The molecule has 1 aliphatic carbocycles. The van der Waals surface area contributed by atoms with Crippen LogP contribution in [0.2, 0.25) is 0 Å². The van der Waals surface area contributed by atoms with Crippen LogP contribution < -0.4 is 5.32 Å². The second-order valence-electron chi connectivity index (χ2n) is 6.11. The maximum Gasteiger partial charge on any atom is 0.239 e. The Morgan fingerprint density at radius 3 is 2.72 bits per heavy atom. The number of nitrogens with zero attached hydrogens (tertiary/aromatic N) is 2. The number of nitrogens with one attached hydrogen (secondary N) is 1. The second-order valence-corrected chi connectivity index (χ2v) is 6.11. The highest BCUT2D eigenvalue weighted by molar-refractivity contribution is 5.84. The Hall–Kier alpha value is -0.610. The van der Waals surface area contributed by atoms with E-state index in [0.717, 1.165) is 26.1 Å². The first-order chi connectivity index (χ1) is 8.76. The molecule has 0 aromatic carbocycles. The van der Waals surface area contributed by atoms with Crippen molar-refractivity contribution in [2.24, 2.45) is 5.92 Å². The smallest absolute Gasteiger partial charge is 0.239 e. The van der Waals surface area contributed by atoms with Crippen LogP contribution in [0.25, 0.3) is 0 Å². The summed E-state index contributed by atoms with van der Waals surface area (Å²) in [5.41, 5.74) is 0. The number of rotatable bonds is 5. The lowest BCUT2D eigenvalue weighted by atomic mass is 10.1. The number of carbonyl (C=O) groups is 1. The highest BCUT2D eigenvalue weighted by Crippen LogP contribution is 2.24. The zero-order valence-corrected chi connectivity index (χ0v) is 11.4. The first-order valence-electron chi connectivity index (χ1n) is 7.53. The van der Waals surface area contributed by atoms with Gasteiger partial charge in [-0.1, -0.05) is 6.92 Å². The van der Waals surface area contributed by atoms with E-state index in [2.05, 4.69) is 22.0 Å². The average molecular weight is 251 g/mol. The maximum atomic E-state index is 12.3. The van der Waals surface area contributed by atoms with Gasteiger partial charge in [0.1, 0.15) is 0 Å². The molecule has 2 saturated heterocycles. The molecule has 0 bridgehead atoms. The van der Waals surface area contributed by atoms with Crippen LogP contribution in [0.4, 0.5) is 0 Å². The van der Waals surface area contributed by atoms with Crippen LogP contribution in [-0.2, 0) is 4.79 Å². The van der Waals surface area contributed by atoms with E-state index >= 15 is 0 Å². The minimum absolute atomic E-state index is 0.126. The molecule has 0 radical (unpaired) electrons. The Balaban J connectivity index is 1.47. The standard InChI is InChI=1S/C14H25N3O/c1-2-16-7-5-11(9-16)10-17-8-6-13(14(17)18)15-12-3-4-12/h11-13,15H,2-10H2,1H3. The van der Waals surface area contributed by atoms with Crippen molar-refractivity contribution < 1.29 is 4.79 Å². The van der Waals surface area contributed by atoms with E-state index in [1.165, 1.54) is 32.4 Å². The molecular formula is C14H25N3O. The van der Waals surface area contributed by atoms with Crippen LogP contribution in [-0.4, -0.2) is 60.5 Å². The topological polar surface area (TPSA) is 35.6 Å². The Kier molecular flexibility index (Phi) is 3.57. The van der Waals surface area contributed by atoms with E-state index < -0.39 is 0 Å². The van der Waals surface area contributed by atoms with Crippen molar-refractivity contribution in [2.75, 3.05) is 32.7 Å². The molecule has 0 aromatic rings. The Bertz CT molecular complexity index is 316. The Morgan fingerprint density at radius 1 is 1.22 bits per heavy atom. The molecule has 3 fully saturated rings. The molecule has 1 N–H and O–H groups in total. The van der Waals surface area contributed by atoms with Gasteiger partial charge in [-0.25, -0.2) is 0 Å². The summed E-state index contributed by atoms with van der Waals surface area (Å²) in [4.78, 5) is 16.8. The van der Waals surface area contributed by atoms with Gasteiger partial charge in [-0.15, -0.1) is 0 Å². The number of carbonyl (C=O) groups excluding carboxylic acids is 1. The molecule has 2 aliphatic heterocycles. The van der Waals surface area contributed by atoms with Gasteiger partial charge in [0.05, 0.1) is 6.04 Å². The van der Waals surface area contributed by atoms with Gasteiger partial charge in [-0.05, 0) is 44.7 Å². The van der Waals surface area contributed by atoms with Crippen LogP contribution in [0.3, 0.4) is 0 Å². The quantitative estimate of drug-likeness (QED) is 0.780. The molecule has 4 nitrogen and oxygen atoms in total. The van der Waals surface area contributed by atoms with E-state index in [9.17, 15) is 4.79 Å². The van der Waals surface area contributed by atoms with E-state index in [1.807, 2.05) is 0 Å². The van der Waals surface area contributed by atoms with Crippen LogP contribution >= 0.6 is 0 Å². The first kappa shape index (κ1) is 12.4.